The highest BCUT2D eigenvalue weighted by Gasteiger charge is 2.09. The Morgan fingerprint density at radius 1 is 1.14 bits per heavy atom. The van der Waals surface area contributed by atoms with E-state index in [-0.39, 0.29) is 17.6 Å². The molecule has 0 spiro atoms. The van der Waals surface area contributed by atoms with Gasteiger partial charge in [0.05, 0.1) is 17.2 Å². The molecule has 2 nitrogen and oxygen atoms in total. The van der Waals surface area contributed by atoms with Crippen molar-refractivity contribution in [1.82, 2.24) is 5.32 Å². The van der Waals surface area contributed by atoms with Crippen LogP contribution < -0.4 is 10.1 Å². The Morgan fingerprint density at radius 2 is 1.90 bits per heavy atom. The molecule has 0 aliphatic rings. The van der Waals surface area contributed by atoms with E-state index in [1.165, 1.54) is 13.2 Å². The highest BCUT2D eigenvalue weighted by atomic mass is 35.5. The van der Waals surface area contributed by atoms with Crippen LogP contribution in [0.15, 0.2) is 36.4 Å². The molecule has 0 amide bonds. The van der Waals surface area contributed by atoms with Crippen LogP contribution in [0.25, 0.3) is 0 Å². The minimum absolute atomic E-state index is 0.000130. The lowest BCUT2D eigenvalue weighted by atomic mass is 10.1. The second kappa shape index (κ2) is 7.12. The van der Waals surface area contributed by atoms with Gasteiger partial charge in [0, 0.05) is 12.6 Å². The molecule has 1 atom stereocenters. The summed E-state index contributed by atoms with van der Waals surface area (Å²) in [5.74, 6) is -0.117. The van der Waals surface area contributed by atoms with E-state index in [9.17, 15) is 4.39 Å². The molecule has 2 rings (SSSR count). The third-order valence-electron chi connectivity index (χ3n) is 3.27. The Hall–Kier alpha value is -1.29. The zero-order valence-electron chi connectivity index (χ0n) is 11.8. The van der Waals surface area contributed by atoms with Crippen molar-refractivity contribution < 1.29 is 9.13 Å². The molecule has 2 aromatic rings. The number of hydrogen-bond acceptors (Lipinski definition) is 2. The average Bonchev–Trinajstić information content (AvgIpc) is 2.48. The van der Waals surface area contributed by atoms with Crippen LogP contribution in [0.2, 0.25) is 10.0 Å². The first-order chi connectivity index (χ1) is 10.0. The number of nitrogens with one attached hydrogen (secondary N) is 1. The van der Waals surface area contributed by atoms with Gasteiger partial charge in [-0.25, -0.2) is 4.39 Å². The zero-order valence-corrected chi connectivity index (χ0v) is 13.3. The van der Waals surface area contributed by atoms with Crippen LogP contribution in [0.3, 0.4) is 0 Å². The molecule has 0 aliphatic carbocycles. The lowest BCUT2D eigenvalue weighted by Gasteiger charge is -2.15. The number of methoxy groups -OCH3 is 1. The molecule has 0 heterocycles. The van der Waals surface area contributed by atoms with Crippen molar-refractivity contribution in [1.29, 1.82) is 0 Å². The maximum atomic E-state index is 13.7. The van der Waals surface area contributed by atoms with Gasteiger partial charge in [0.1, 0.15) is 0 Å². The van der Waals surface area contributed by atoms with Gasteiger partial charge >= 0.3 is 0 Å². The highest BCUT2D eigenvalue weighted by Crippen LogP contribution is 2.24. The van der Waals surface area contributed by atoms with Gasteiger partial charge in [0.25, 0.3) is 0 Å². The predicted molar refractivity (Wildman–Crippen MR) is 84.7 cm³/mol. The second-order valence-electron chi connectivity index (χ2n) is 4.75. The van der Waals surface area contributed by atoms with Gasteiger partial charge in [-0.15, -0.1) is 0 Å². The van der Waals surface area contributed by atoms with E-state index >= 15 is 0 Å². The summed E-state index contributed by atoms with van der Waals surface area (Å²) in [6.07, 6.45) is 0. The lowest BCUT2D eigenvalue weighted by molar-refractivity contribution is 0.385. The Bertz CT molecular complexity index is 634. The van der Waals surface area contributed by atoms with Gasteiger partial charge in [-0.2, -0.15) is 0 Å². The van der Waals surface area contributed by atoms with Crippen LogP contribution >= 0.6 is 23.2 Å². The third-order valence-corrected chi connectivity index (χ3v) is 4.01. The predicted octanol–water partition coefficient (Wildman–Crippen LogP) is 4.99. The molecule has 0 saturated carbocycles. The molecule has 5 heteroatoms. The summed E-state index contributed by atoms with van der Waals surface area (Å²) in [7, 11) is 1.45. The highest BCUT2D eigenvalue weighted by molar-refractivity contribution is 6.42. The van der Waals surface area contributed by atoms with Crippen molar-refractivity contribution in [3.63, 3.8) is 0 Å². The van der Waals surface area contributed by atoms with Crippen molar-refractivity contribution in [2.45, 2.75) is 19.5 Å². The summed E-state index contributed by atoms with van der Waals surface area (Å²) < 4.78 is 18.6. The topological polar surface area (TPSA) is 21.3 Å². The SMILES string of the molecule is COc1ccc(C(C)NCc2ccc(Cl)c(Cl)c2)cc1F. The Labute approximate surface area is 133 Å². The van der Waals surface area contributed by atoms with Gasteiger partial charge < -0.3 is 10.1 Å². The molecular formula is C16H16Cl2FNO. The fourth-order valence-corrected chi connectivity index (χ4v) is 2.31. The molecule has 112 valence electrons. The van der Waals surface area contributed by atoms with Gasteiger partial charge in [0.15, 0.2) is 11.6 Å². The zero-order chi connectivity index (χ0) is 15.4. The molecule has 2 aromatic carbocycles. The number of rotatable bonds is 5. The lowest BCUT2D eigenvalue weighted by Crippen LogP contribution is -2.18. The molecule has 21 heavy (non-hydrogen) atoms. The van der Waals surface area contributed by atoms with Crippen LogP contribution in [-0.4, -0.2) is 7.11 Å². The molecule has 1 N–H and O–H groups in total. The normalized spacial score (nSPS) is 12.2. The van der Waals surface area contributed by atoms with Crippen molar-refractivity contribution in [2.75, 3.05) is 7.11 Å². The average molecular weight is 328 g/mol. The van der Waals surface area contributed by atoms with Crippen molar-refractivity contribution in [2.24, 2.45) is 0 Å². The van der Waals surface area contributed by atoms with Crippen molar-refractivity contribution in [3.05, 3.63) is 63.4 Å². The van der Waals surface area contributed by atoms with E-state index in [2.05, 4.69) is 5.32 Å². The molecular weight excluding hydrogens is 312 g/mol. The summed E-state index contributed by atoms with van der Waals surface area (Å²) >= 11 is 11.9. The first-order valence-corrected chi connectivity index (χ1v) is 7.27. The van der Waals surface area contributed by atoms with E-state index in [0.717, 1.165) is 11.1 Å². The second-order valence-corrected chi connectivity index (χ2v) is 5.56. The molecule has 0 radical (unpaired) electrons. The molecule has 0 aliphatic heterocycles. The standard InChI is InChI=1S/C16H16Cl2FNO/c1-10(12-4-6-16(21-2)15(19)8-12)20-9-11-3-5-13(17)14(18)7-11/h3-8,10,20H,9H2,1-2H3. The number of halogens is 3. The Balaban J connectivity index is 2.02. The molecule has 0 saturated heterocycles. The molecule has 1 unspecified atom stereocenters. The van der Waals surface area contributed by atoms with Gasteiger partial charge in [-0.1, -0.05) is 35.3 Å². The van der Waals surface area contributed by atoms with Crippen LogP contribution in [0, 0.1) is 5.82 Å². The van der Waals surface area contributed by atoms with E-state index in [4.69, 9.17) is 27.9 Å². The van der Waals surface area contributed by atoms with Crippen LogP contribution in [0.4, 0.5) is 4.39 Å². The smallest absolute Gasteiger partial charge is 0.165 e. The Kier molecular flexibility index (Phi) is 5.45. The quantitative estimate of drug-likeness (QED) is 0.835. The largest absolute Gasteiger partial charge is 0.494 e. The molecule has 0 fully saturated rings. The van der Waals surface area contributed by atoms with Crippen LogP contribution in [0.5, 0.6) is 5.75 Å². The first kappa shape index (κ1) is 16.1. The number of benzene rings is 2. The number of hydrogen-bond donors (Lipinski definition) is 1. The summed E-state index contributed by atoms with van der Waals surface area (Å²) in [5, 5.41) is 4.38. The maximum Gasteiger partial charge on any atom is 0.165 e. The summed E-state index contributed by atoms with van der Waals surface area (Å²) in [4.78, 5) is 0. The van der Waals surface area contributed by atoms with Gasteiger partial charge in [-0.05, 0) is 42.3 Å². The monoisotopic (exact) mass is 327 g/mol. The van der Waals surface area contributed by atoms with E-state index in [0.29, 0.717) is 16.6 Å². The first-order valence-electron chi connectivity index (χ1n) is 6.52. The fraction of sp³-hybridized carbons (Fsp3) is 0.250. The minimum atomic E-state index is -0.363. The minimum Gasteiger partial charge on any atom is -0.494 e. The van der Waals surface area contributed by atoms with E-state index < -0.39 is 0 Å². The molecule has 0 bridgehead atoms. The van der Waals surface area contributed by atoms with Crippen molar-refractivity contribution in [3.8, 4) is 5.75 Å². The van der Waals surface area contributed by atoms with Gasteiger partial charge in [-0.3, -0.25) is 0 Å². The third kappa shape index (κ3) is 4.10. The van der Waals surface area contributed by atoms with E-state index in [1.54, 1.807) is 12.1 Å². The number of ether oxygens (including phenoxy) is 1. The van der Waals surface area contributed by atoms with Gasteiger partial charge in [0.2, 0.25) is 0 Å². The summed E-state index contributed by atoms with van der Waals surface area (Å²) in [5.41, 5.74) is 1.87. The summed E-state index contributed by atoms with van der Waals surface area (Å²) in [6.45, 7) is 2.59. The van der Waals surface area contributed by atoms with Crippen LogP contribution in [0.1, 0.15) is 24.1 Å². The maximum absolute atomic E-state index is 13.7. The Morgan fingerprint density at radius 3 is 2.52 bits per heavy atom. The van der Waals surface area contributed by atoms with E-state index in [1.807, 2.05) is 25.1 Å². The summed E-state index contributed by atoms with van der Waals surface area (Å²) in [6, 6.07) is 10.4. The fourth-order valence-electron chi connectivity index (χ4n) is 1.99. The van der Waals surface area contributed by atoms with Crippen LogP contribution in [-0.2, 0) is 6.54 Å². The molecule has 0 aromatic heterocycles. The van der Waals surface area contributed by atoms with Crippen molar-refractivity contribution >= 4 is 23.2 Å².